The van der Waals surface area contributed by atoms with Gasteiger partial charge in [0.15, 0.2) is 0 Å². The fourth-order valence-electron chi connectivity index (χ4n) is 4.41. The van der Waals surface area contributed by atoms with Gasteiger partial charge in [-0.1, -0.05) is 19.3 Å². The van der Waals surface area contributed by atoms with Crippen LogP contribution in [0.15, 0.2) is 0 Å². The van der Waals surface area contributed by atoms with Gasteiger partial charge in [0.2, 0.25) is 0 Å². The molecule has 110 valence electrons. The van der Waals surface area contributed by atoms with E-state index in [4.69, 9.17) is 4.74 Å². The van der Waals surface area contributed by atoms with Crippen molar-refractivity contribution in [3.63, 3.8) is 0 Å². The number of ether oxygens (including phenoxy) is 1. The minimum Gasteiger partial charge on any atom is -0.381 e. The van der Waals surface area contributed by atoms with Crippen LogP contribution in [0.4, 0.5) is 0 Å². The second kappa shape index (κ2) is 6.58. The van der Waals surface area contributed by atoms with Crippen molar-refractivity contribution in [2.75, 3.05) is 7.11 Å². The highest BCUT2D eigenvalue weighted by Crippen LogP contribution is 2.41. The summed E-state index contributed by atoms with van der Waals surface area (Å²) >= 11 is 0. The Bertz CT molecular complexity index is 262. The molecule has 3 aliphatic rings. The minimum atomic E-state index is 0.579. The summed E-state index contributed by atoms with van der Waals surface area (Å²) in [6.45, 7) is 0. The van der Waals surface area contributed by atoms with Crippen molar-refractivity contribution in [1.82, 2.24) is 5.32 Å². The fourth-order valence-corrected chi connectivity index (χ4v) is 4.41. The van der Waals surface area contributed by atoms with Gasteiger partial charge in [0, 0.05) is 19.2 Å². The molecule has 1 unspecified atom stereocenters. The lowest BCUT2D eigenvalue weighted by molar-refractivity contribution is 0.0162. The molecule has 0 radical (unpaired) electrons. The molecule has 0 aliphatic heterocycles. The van der Waals surface area contributed by atoms with E-state index in [0.29, 0.717) is 6.10 Å². The summed E-state index contributed by atoms with van der Waals surface area (Å²) in [5.74, 6) is 1.75. The molecular weight excluding hydrogens is 234 g/mol. The third-order valence-corrected chi connectivity index (χ3v) is 5.67. The highest BCUT2D eigenvalue weighted by Gasteiger charge is 2.38. The van der Waals surface area contributed by atoms with E-state index >= 15 is 0 Å². The quantitative estimate of drug-likeness (QED) is 0.814. The Labute approximate surface area is 118 Å². The molecule has 1 atom stereocenters. The average Bonchev–Trinajstić information content (AvgIpc) is 3.27. The summed E-state index contributed by atoms with van der Waals surface area (Å²) in [6.07, 6.45) is 16.1. The maximum absolute atomic E-state index is 5.78. The summed E-state index contributed by atoms with van der Waals surface area (Å²) in [5.41, 5.74) is 0. The van der Waals surface area contributed by atoms with E-state index in [0.717, 1.165) is 23.9 Å². The maximum atomic E-state index is 5.78. The van der Waals surface area contributed by atoms with Gasteiger partial charge in [-0.3, -0.25) is 0 Å². The van der Waals surface area contributed by atoms with Crippen molar-refractivity contribution in [2.45, 2.75) is 88.8 Å². The lowest BCUT2D eigenvalue weighted by Gasteiger charge is -2.36. The topological polar surface area (TPSA) is 21.3 Å². The molecule has 2 nitrogen and oxygen atoms in total. The maximum Gasteiger partial charge on any atom is 0.0627 e. The Morgan fingerprint density at radius 1 is 0.737 bits per heavy atom. The standard InChI is InChI=1S/C17H31NO/c1-19-17(13-7-8-13)14-9-11-16(12-10-14)18-15-5-3-2-4-6-15/h13-18H,2-12H2,1H3/t14-,16-,17?. The lowest BCUT2D eigenvalue weighted by Crippen LogP contribution is -2.43. The van der Waals surface area contributed by atoms with Gasteiger partial charge in [-0.2, -0.15) is 0 Å². The van der Waals surface area contributed by atoms with Crippen molar-refractivity contribution in [3.8, 4) is 0 Å². The van der Waals surface area contributed by atoms with Crippen LogP contribution in [0.1, 0.15) is 70.6 Å². The van der Waals surface area contributed by atoms with Crippen LogP contribution in [-0.4, -0.2) is 25.3 Å². The van der Waals surface area contributed by atoms with Crippen LogP contribution in [0.5, 0.6) is 0 Å². The van der Waals surface area contributed by atoms with E-state index in [1.807, 2.05) is 7.11 Å². The molecule has 2 heteroatoms. The largest absolute Gasteiger partial charge is 0.381 e. The molecule has 0 aromatic rings. The molecule has 3 fully saturated rings. The molecule has 3 aliphatic carbocycles. The fraction of sp³-hybridized carbons (Fsp3) is 1.00. The Balaban J connectivity index is 1.41. The molecule has 0 heterocycles. The molecule has 3 rings (SSSR count). The Hall–Kier alpha value is -0.0800. The zero-order valence-electron chi connectivity index (χ0n) is 12.6. The van der Waals surface area contributed by atoms with Gasteiger partial charge in [-0.05, 0) is 63.2 Å². The first-order valence-electron chi connectivity index (χ1n) is 8.65. The number of hydrogen-bond acceptors (Lipinski definition) is 2. The highest BCUT2D eigenvalue weighted by atomic mass is 16.5. The Morgan fingerprint density at radius 3 is 1.79 bits per heavy atom. The van der Waals surface area contributed by atoms with Crippen LogP contribution in [0.25, 0.3) is 0 Å². The van der Waals surface area contributed by atoms with Crippen LogP contribution in [0, 0.1) is 11.8 Å². The molecule has 1 N–H and O–H groups in total. The third kappa shape index (κ3) is 3.72. The predicted molar refractivity (Wildman–Crippen MR) is 79.3 cm³/mol. The lowest BCUT2D eigenvalue weighted by atomic mass is 9.80. The average molecular weight is 265 g/mol. The summed E-state index contributed by atoms with van der Waals surface area (Å²) in [5, 5.41) is 3.94. The third-order valence-electron chi connectivity index (χ3n) is 5.67. The molecule has 0 amide bonds. The number of hydrogen-bond donors (Lipinski definition) is 1. The van der Waals surface area contributed by atoms with Gasteiger partial charge < -0.3 is 10.1 Å². The van der Waals surface area contributed by atoms with E-state index in [1.54, 1.807) is 0 Å². The van der Waals surface area contributed by atoms with Gasteiger partial charge in [0.25, 0.3) is 0 Å². The van der Waals surface area contributed by atoms with Crippen LogP contribution in [0.3, 0.4) is 0 Å². The Morgan fingerprint density at radius 2 is 1.26 bits per heavy atom. The van der Waals surface area contributed by atoms with Crippen LogP contribution >= 0.6 is 0 Å². The number of methoxy groups -OCH3 is 1. The Kier molecular flexibility index (Phi) is 4.81. The van der Waals surface area contributed by atoms with Crippen LogP contribution in [-0.2, 0) is 4.74 Å². The van der Waals surface area contributed by atoms with Crippen molar-refractivity contribution >= 4 is 0 Å². The zero-order valence-corrected chi connectivity index (χ0v) is 12.6. The number of nitrogens with one attached hydrogen (secondary N) is 1. The van der Waals surface area contributed by atoms with E-state index in [9.17, 15) is 0 Å². The van der Waals surface area contributed by atoms with Gasteiger partial charge in [0.05, 0.1) is 6.10 Å². The molecule has 0 saturated heterocycles. The molecule has 3 saturated carbocycles. The first-order valence-corrected chi connectivity index (χ1v) is 8.65. The van der Waals surface area contributed by atoms with E-state index < -0.39 is 0 Å². The number of rotatable bonds is 5. The van der Waals surface area contributed by atoms with Gasteiger partial charge >= 0.3 is 0 Å². The van der Waals surface area contributed by atoms with Gasteiger partial charge in [-0.25, -0.2) is 0 Å². The van der Waals surface area contributed by atoms with Crippen molar-refractivity contribution in [1.29, 1.82) is 0 Å². The summed E-state index contributed by atoms with van der Waals surface area (Å²) in [4.78, 5) is 0. The van der Waals surface area contributed by atoms with Crippen molar-refractivity contribution in [2.24, 2.45) is 11.8 Å². The minimum absolute atomic E-state index is 0.579. The monoisotopic (exact) mass is 265 g/mol. The van der Waals surface area contributed by atoms with E-state index in [-0.39, 0.29) is 0 Å². The second-order valence-corrected chi connectivity index (χ2v) is 7.15. The molecular formula is C17H31NO. The summed E-state index contributed by atoms with van der Waals surface area (Å²) in [7, 11) is 1.93. The first-order chi connectivity index (χ1) is 9.36. The first kappa shape index (κ1) is 13.9. The normalized spacial score (nSPS) is 35.2. The molecule has 0 bridgehead atoms. The van der Waals surface area contributed by atoms with Crippen LogP contribution in [0.2, 0.25) is 0 Å². The second-order valence-electron chi connectivity index (χ2n) is 7.15. The van der Waals surface area contributed by atoms with E-state index in [1.165, 1.54) is 70.6 Å². The van der Waals surface area contributed by atoms with Gasteiger partial charge in [-0.15, -0.1) is 0 Å². The molecule has 0 spiro atoms. The summed E-state index contributed by atoms with van der Waals surface area (Å²) < 4.78 is 5.78. The highest BCUT2D eigenvalue weighted by molar-refractivity contribution is 4.90. The van der Waals surface area contributed by atoms with Crippen molar-refractivity contribution in [3.05, 3.63) is 0 Å². The van der Waals surface area contributed by atoms with Crippen molar-refractivity contribution < 1.29 is 4.74 Å². The smallest absolute Gasteiger partial charge is 0.0627 e. The van der Waals surface area contributed by atoms with Crippen LogP contribution < -0.4 is 5.32 Å². The van der Waals surface area contributed by atoms with Gasteiger partial charge in [0.1, 0.15) is 0 Å². The zero-order chi connectivity index (χ0) is 13.1. The SMILES string of the molecule is COC(C1CC1)[C@H]1CC[C@H](NC2CCCCC2)CC1. The summed E-state index contributed by atoms with van der Waals surface area (Å²) in [6, 6.07) is 1.63. The molecule has 19 heavy (non-hydrogen) atoms. The molecule has 0 aromatic heterocycles. The molecule has 0 aromatic carbocycles. The van der Waals surface area contributed by atoms with E-state index in [2.05, 4.69) is 5.32 Å². The predicted octanol–water partition coefficient (Wildman–Crippen LogP) is 3.89.